The minimum Gasteiger partial charge on any atom is -0.207 e. The number of halogens is 21. The van der Waals surface area contributed by atoms with Gasteiger partial charge in [-0.05, 0) is 23.0 Å². The van der Waals surface area contributed by atoms with Gasteiger partial charge in [-0.3, -0.25) is 0 Å². The lowest BCUT2D eigenvalue weighted by atomic mass is 9.12. The first-order valence-corrected chi connectivity index (χ1v) is 17.4. The average molecular weight is 911 g/mol. The van der Waals surface area contributed by atoms with Crippen LogP contribution in [0.15, 0.2) is 28.7 Å². The molecule has 0 aliphatic carbocycles. The van der Waals surface area contributed by atoms with Crippen LogP contribution in [0, 0.1) is 116 Å². The van der Waals surface area contributed by atoms with Crippen molar-refractivity contribution in [2.45, 2.75) is 5.75 Å². The number of hydrogen-bond acceptors (Lipinski definition) is 0. The summed E-state index contributed by atoms with van der Waals surface area (Å²) in [5.74, 6) is -70.2. The van der Waals surface area contributed by atoms with Crippen molar-refractivity contribution in [2.75, 3.05) is 12.5 Å². The fraction of sp³-hybridized carbons (Fsp3) is 0.0909. The summed E-state index contributed by atoms with van der Waals surface area (Å²) >= 11 is 3.46. The van der Waals surface area contributed by atoms with Crippen molar-refractivity contribution >= 4 is 54.8 Å². The summed E-state index contributed by atoms with van der Waals surface area (Å²) in [5, 5.41) is 0. The Labute approximate surface area is 311 Å². The lowest BCUT2D eigenvalue weighted by molar-refractivity contribution is 0.378. The number of benzene rings is 5. The summed E-state index contributed by atoms with van der Waals surface area (Å²) < 4.78 is 295. The molecular formula is C33H12BBrF20S. The Morgan fingerprint density at radius 1 is 0.375 bits per heavy atom. The minimum absolute atomic E-state index is 0.504. The second-order valence-corrected chi connectivity index (χ2v) is 14.7. The minimum atomic E-state index is -7.22. The maximum Gasteiger partial charge on any atom is 0.200 e. The zero-order chi connectivity index (χ0) is 42.6. The first-order valence-electron chi connectivity index (χ1n) is 14.4. The standard InChI is InChI=1S/C24BF20.C9H12BrS/c26-5-1(6(27)14(35)21(42)13(5)34)25(2-7(28)15(36)22(43)16(37)8(2)29,3-9(30)17(38)23(44)18(39)10(3)31)4-11(32)19(40)24(45)20(41)12(4)33;1-11(2)7-8-4-3-5-9(10)6-8/h;3-6H,7H2,1-2H3/q-1;+1. The monoisotopic (exact) mass is 910 g/mol. The van der Waals surface area contributed by atoms with Crippen molar-refractivity contribution in [3.8, 4) is 0 Å². The molecule has 5 aromatic carbocycles. The van der Waals surface area contributed by atoms with Gasteiger partial charge in [-0.1, -0.05) is 28.1 Å². The van der Waals surface area contributed by atoms with Gasteiger partial charge in [0.05, 0.1) is 12.5 Å². The Hall–Kier alpha value is -4.41. The first kappa shape index (κ1) is 44.3. The van der Waals surface area contributed by atoms with Crippen LogP contribution in [0.3, 0.4) is 0 Å². The lowest BCUT2D eigenvalue weighted by Crippen LogP contribution is -2.81. The summed E-state index contributed by atoms with van der Waals surface area (Å²) in [6.45, 7) is 0. The highest BCUT2D eigenvalue weighted by atomic mass is 79.9. The van der Waals surface area contributed by atoms with Crippen molar-refractivity contribution in [3.05, 3.63) is 151 Å². The van der Waals surface area contributed by atoms with E-state index in [0.717, 1.165) is 0 Å². The van der Waals surface area contributed by atoms with Crippen molar-refractivity contribution in [2.24, 2.45) is 0 Å². The van der Waals surface area contributed by atoms with E-state index in [9.17, 15) is 52.7 Å². The fourth-order valence-electron chi connectivity index (χ4n) is 5.83. The second kappa shape index (κ2) is 16.2. The van der Waals surface area contributed by atoms with E-state index in [1.807, 2.05) is 0 Å². The quantitative estimate of drug-likeness (QED) is 0.0527. The summed E-state index contributed by atoms with van der Waals surface area (Å²) in [6.07, 6.45) is -2.69. The molecule has 0 amide bonds. The van der Waals surface area contributed by atoms with Crippen LogP contribution in [0.4, 0.5) is 87.8 Å². The zero-order valence-corrected chi connectivity index (χ0v) is 29.3. The molecule has 0 saturated carbocycles. The second-order valence-electron chi connectivity index (χ2n) is 11.6. The molecule has 0 spiro atoms. The van der Waals surface area contributed by atoms with Crippen LogP contribution >= 0.6 is 15.9 Å². The molecule has 0 aliphatic rings. The van der Waals surface area contributed by atoms with Gasteiger partial charge in [-0.25, -0.2) is 87.8 Å². The van der Waals surface area contributed by atoms with Crippen molar-refractivity contribution in [1.82, 2.24) is 0 Å². The van der Waals surface area contributed by atoms with Crippen molar-refractivity contribution < 1.29 is 87.8 Å². The molecule has 0 atom stereocenters. The van der Waals surface area contributed by atoms with Gasteiger partial charge in [0, 0.05) is 10.0 Å². The van der Waals surface area contributed by atoms with E-state index in [-0.39, 0.29) is 0 Å². The Bertz CT molecular complexity index is 2020. The van der Waals surface area contributed by atoms with Gasteiger partial charge in [0.2, 0.25) is 0 Å². The molecule has 0 unspecified atom stereocenters. The molecule has 0 aliphatic heterocycles. The molecular weight excluding hydrogens is 899 g/mol. The van der Waals surface area contributed by atoms with Gasteiger partial charge in [0.25, 0.3) is 0 Å². The third-order valence-electron chi connectivity index (χ3n) is 8.05. The van der Waals surface area contributed by atoms with E-state index in [1.54, 1.807) is 0 Å². The number of rotatable bonds is 6. The average Bonchev–Trinajstić information content (AvgIpc) is 3.14. The highest BCUT2D eigenvalue weighted by molar-refractivity contribution is 9.10. The van der Waals surface area contributed by atoms with Gasteiger partial charge >= 0.3 is 0 Å². The smallest absolute Gasteiger partial charge is 0.200 e. The predicted molar refractivity (Wildman–Crippen MR) is 166 cm³/mol. The van der Waals surface area contributed by atoms with Gasteiger partial charge in [-0.2, -0.15) is 0 Å². The van der Waals surface area contributed by atoms with E-state index in [0.29, 0.717) is 10.9 Å². The molecule has 0 saturated heterocycles. The van der Waals surface area contributed by atoms with E-state index in [1.165, 1.54) is 15.8 Å². The molecule has 0 aromatic heterocycles. The summed E-state index contributed by atoms with van der Waals surface area (Å²) in [7, 11) is 0.504. The van der Waals surface area contributed by atoms with E-state index < -0.39 is 144 Å². The molecule has 0 N–H and O–H groups in total. The topological polar surface area (TPSA) is 0 Å². The van der Waals surface area contributed by atoms with E-state index in [2.05, 4.69) is 52.7 Å². The zero-order valence-electron chi connectivity index (χ0n) is 26.9. The molecule has 0 nitrogen and oxygen atoms in total. The summed E-state index contributed by atoms with van der Waals surface area (Å²) in [6, 6.07) is 8.52. The Morgan fingerprint density at radius 3 is 0.786 bits per heavy atom. The first-order chi connectivity index (χ1) is 25.9. The molecule has 0 radical (unpaired) electrons. The molecule has 300 valence electrons. The van der Waals surface area contributed by atoms with Gasteiger partial charge in [0.15, 0.2) is 69.8 Å². The maximum absolute atomic E-state index is 15.4. The van der Waals surface area contributed by atoms with Gasteiger partial charge in [0.1, 0.15) is 58.4 Å². The highest BCUT2D eigenvalue weighted by Gasteiger charge is 2.52. The fourth-order valence-corrected chi connectivity index (χ4v) is 7.13. The summed E-state index contributed by atoms with van der Waals surface area (Å²) in [5.41, 5.74) is -12.9. The lowest BCUT2D eigenvalue weighted by Gasteiger charge is -2.44. The van der Waals surface area contributed by atoms with Crippen molar-refractivity contribution in [1.29, 1.82) is 0 Å². The Kier molecular flexibility index (Phi) is 12.8. The van der Waals surface area contributed by atoms with Crippen LogP contribution < -0.4 is 21.9 Å². The predicted octanol–water partition coefficient (Wildman–Crippen LogP) is 8.67. The molecule has 0 fully saturated rings. The van der Waals surface area contributed by atoms with Crippen LogP contribution in [0.2, 0.25) is 0 Å². The van der Waals surface area contributed by atoms with E-state index in [4.69, 9.17) is 0 Å². The molecule has 23 heteroatoms. The molecule has 0 bridgehead atoms. The largest absolute Gasteiger partial charge is 0.207 e. The Balaban J connectivity index is 0.000000544. The van der Waals surface area contributed by atoms with Gasteiger partial charge in [-0.15, -0.1) is 21.9 Å². The summed E-state index contributed by atoms with van der Waals surface area (Å²) in [4.78, 5) is 0. The van der Waals surface area contributed by atoms with Crippen LogP contribution in [-0.4, -0.2) is 18.7 Å². The van der Waals surface area contributed by atoms with Gasteiger partial charge < -0.3 is 0 Å². The SMILES string of the molecule is C[S+](C)Cc1cccc(Br)c1.Fc1c(F)c(F)c([B-](c2c(F)c(F)c(F)c(F)c2F)(c2c(F)c(F)c(F)c(F)c2F)c2c(F)c(F)c(F)c(F)c2F)c(F)c1F. The maximum atomic E-state index is 15.4. The molecule has 5 rings (SSSR count). The third-order valence-corrected chi connectivity index (χ3v) is 9.46. The van der Waals surface area contributed by atoms with Crippen LogP contribution in [0.1, 0.15) is 5.56 Å². The van der Waals surface area contributed by atoms with Crippen LogP contribution in [0.5, 0.6) is 0 Å². The normalized spacial score (nSPS) is 11.7. The van der Waals surface area contributed by atoms with E-state index >= 15 is 35.1 Å². The Morgan fingerprint density at radius 2 is 0.589 bits per heavy atom. The molecule has 0 heterocycles. The molecule has 5 aromatic rings. The highest BCUT2D eigenvalue weighted by Crippen LogP contribution is 2.30. The van der Waals surface area contributed by atoms with Crippen LogP contribution in [-0.2, 0) is 16.6 Å². The van der Waals surface area contributed by atoms with Crippen LogP contribution in [0.25, 0.3) is 0 Å². The number of hydrogen-bond donors (Lipinski definition) is 0. The molecule has 56 heavy (non-hydrogen) atoms. The third kappa shape index (κ3) is 6.97. The van der Waals surface area contributed by atoms with Crippen molar-refractivity contribution in [3.63, 3.8) is 0 Å².